The highest BCUT2D eigenvalue weighted by Gasteiger charge is 2.03. The van der Waals surface area contributed by atoms with Gasteiger partial charge in [0, 0.05) is 27.3 Å². The van der Waals surface area contributed by atoms with Gasteiger partial charge in [0.25, 0.3) is 0 Å². The summed E-state index contributed by atoms with van der Waals surface area (Å²) in [4.78, 5) is 0. The van der Waals surface area contributed by atoms with Crippen molar-refractivity contribution >= 4 is 33.2 Å². The summed E-state index contributed by atoms with van der Waals surface area (Å²) in [5.74, 6) is -0.252. The number of rotatable bonds is 3. The van der Waals surface area contributed by atoms with Gasteiger partial charge in [0.05, 0.1) is 0 Å². The molecule has 1 N–H and O–H groups in total. The van der Waals surface area contributed by atoms with Crippen LogP contribution in [0.2, 0.25) is 5.02 Å². The molecule has 0 fully saturated rings. The van der Waals surface area contributed by atoms with Crippen LogP contribution in [0.5, 0.6) is 0 Å². The van der Waals surface area contributed by atoms with Crippen LogP contribution in [-0.2, 0) is 6.54 Å². The van der Waals surface area contributed by atoms with Gasteiger partial charge in [-0.2, -0.15) is 0 Å². The van der Waals surface area contributed by atoms with Crippen LogP contribution >= 0.6 is 27.5 Å². The molecule has 0 spiro atoms. The number of hydrogen-bond acceptors (Lipinski definition) is 1. The van der Waals surface area contributed by atoms with Crippen LogP contribution in [0.15, 0.2) is 40.9 Å². The topological polar surface area (TPSA) is 12.0 Å². The average molecular weight is 329 g/mol. The first-order chi connectivity index (χ1) is 8.56. The lowest BCUT2D eigenvalue weighted by atomic mass is 10.2. The van der Waals surface area contributed by atoms with Crippen LogP contribution in [-0.4, -0.2) is 0 Å². The fourth-order valence-electron chi connectivity index (χ4n) is 1.58. The zero-order valence-corrected chi connectivity index (χ0v) is 12.1. The van der Waals surface area contributed by atoms with Crippen LogP contribution in [0.25, 0.3) is 0 Å². The van der Waals surface area contributed by atoms with E-state index in [0.717, 1.165) is 15.7 Å². The summed E-state index contributed by atoms with van der Waals surface area (Å²) < 4.78 is 14.5. The summed E-state index contributed by atoms with van der Waals surface area (Å²) in [5, 5.41) is 3.71. The first-order valence-electron chi connectivity index (χ1n) is 5.50. The quantitative estimate of drug-likeness (QED) is 0.820. The molecule has 0 saturated carbocycles. The first kappa shape index (κ1) is 13.4. The molecular formula is C14H12BrClFN. The van der Waals surface area contributed by atoms with E-state index in [0.29, 0.717) is 17.1 Å². The molecule has 2 aromatic rings. The number of halogens is 3. The fourth-order valence-corrected chi connectivity index (χ4v) is 2.15. The highest BCUT2D eigenvalue weighted by atomic mass is 79.9. The molecule has 18 heavy (non-hydrogen) atoms. The Morgan fingerprint density at radius 2 is 2.00 bits per heavy atom. The minimum Gasteiger partial charge on any atom is -0.381 e. The molecule has 0 bridgehead atoms. The van der Waals surface area contributed by atoms with Gasteiger partial charge in [0.1, 0.15) is 5.82 Å². The minimum atomic E-state index is -0.252. The highest BCUT2D eigenvalue weighted by Crippen LogP contribution is 2.22. The maximum Gasteiger partial charge on any atom is 0.128 e. The van der Waals surface area contributed by atoms with Crippen LogP contribution in [0.1, 0.15) is 11.1 Å². The summed E-state index contributed by atoms with van der Waals surface area (Å²) in [7, 11) is 0. The molecule has 0 radical (unpaired) electrons. The molecule has 2 rings (SSSR count). The van der Waals surface area contributed by atoms with Gasteiger partial charge in [0.2, 0.25) is 0 Å². The maximum absolute atomic E-state index is 13.5. The van der Waals surface area contributed by atoms with Crippen LogP contribution < -0.4 is 5.32 Å². The molecule has 0 heterocycles. The van der Waals surface area contributed by atoms with Crippen LogP contribution in [0, 0.1) is 12.7 Å². The van der Waals surface area contributed by atoms with E-state index in [-0.39, 0.29) is 5.82 Å². The third-order valence-electron chi connectivity index (χ3n) is 2.66. The Labute approximate surface area is 119 Å². The van der Waals surface area contributed by atoms with Gasteiger partial charge in [0.15, 0.2) is 0 Å². The van der Waals surface area contributed by atoms with E-state index >= 15 is 0 Å². The van der Waals surface area contributed by atoms with Crippen molar-refractivity contribution in [3.63, 3.8) is 0 Å². The number of anilines is 1. The van der Waals surface area contributed by atoms with Crippen LogP contribution in [0.4, 0.5) is 10.1 Å². The lowest BCUT2D eigenvalue weighted by molar-refractivity contribution is 0.613. The molecule has 0 aliphatic rings. The molecule has 2 aromatic carbocycles. The summed E-state index contributed by atoms with van der Waals surface area (Å²) in [5.41, 5.74) is 2.65. The zero-order chi connectivity index (χ0) is 13.1. The van der Waals surface area contributed by atoms with Crippen molar-refractivity contribution in [3.05, 3.63) is 62.8 Å². The van der Waals surface area contributed by atoms with E-state index in [1.54, 1.807) is 12.1 Å². The molecule has 0 unspecified atom stereocenters. The van der Waals surface area contributed by atoms with Crippen LogP contribution in [0.3, 0.4) is 0 Å². The average Bonchev–Trinajstić information content (AvgIpc) is 2.34. The predicted molar refractivity (Wildman–Crippen MR) is 77.6 cm³/mol. The molecule has 1 nitrogen and oxygen atoms in total. The van der Waals surface area contributed by atoms with E-state index in [4.69, 9.17) is 11.6 Å². The zero-order valence-electron chi connectivity index (χ0n) is 9.81. The first-order valence-corrected chi connectivity index (χ1v) is 6.67. The maximum atomic E-state index is 13.5. The standard InChI is InChI=1S/C14H12BrClFN/c1-9-2-4-12(7-13(9)15)18-8-10-6-11(16)3-5-14(10)17/h2-7,18H,8H2,1H3. The van der Waals surface area contributed by atoms with E-state index < -0.39 is 0 Å². The van der Waals surface area contributed by atoms with Crippen molar-refractivity contribution < 1.29 is 4.39 Å². The van der Waals surface area contributed by atoms with Gasteiger partial charge in [-0.05, 0) is 42.8 Å². The van der Waals surface area contributed by atoms with E-state index in [9.17, 15) is 4.39 Å². The lowest BCUT2D eigenvalue weighted by Gasteiger charge is -2.09. The molecule has 0 saturated heterocycles. The fraction of sp³-hybridized carbons (Fsp3) is 0.143. The van der Waals surface area contributed by atoms with Crippen molar-refractivity contribution in [2.24, 2.45) is 0 Å². The second-order valence-corrected chi connectivity index (χ2v) is 5.34. The Morgan fingerprint density at radius 1 is 1.22 bits per heavy atom. The number of benzene rings is 2. The Hall–Kier alpha value is -1.06. The summed E-state index contributed by atoms with van der Waals surface area (Å²) in [6, 6.07) is 10.5. The Balaban J connectivity index is 2.11. The predicted octanol–water partition coefficient (Wildman–Crippen LogP) is 5.16. The SMILES string of the molecule is Cc1ccc(NCc2cc(Cl)ccc2F)cc1Br. The van der Waals surface area contributed by atoms with Crippen molar-refractivity contribution in [2.75, 3.05) is 5.32 Å². The van der Waals surface area contributed by atoms with Crippen molar-refractivity contribution in [1.29, 1.82) is 0 Å². The number of aryl methyl sites for hydroxylation is 1. The lowest BCUT2D eigenvalue weighted by Crippen LogP contribution is -2.01. The van der Waals surface area contributed by atoms with Gasteiger partial charge >= 0.3 is 0 Å². The second kappa shape index (κ2) is 5.72. The molecule has 4 heteroatoms. The van der Waals surface area contributed by atoms with E-state index in [2.05, 4.69) is 21.2 Å². The number of nitrogens with one attached hydrogen (secondary N) is 1. The second-order valence-electron chi connectivity index (χ2n) is 4.05. The third-order valence-corrected chi connectivity index (χ3v) is 3.75. The summed E-state index contributed by atoms with van der Waals surface area (Å²) in [6.45, 7) is 2.42. The highest BCUT2D eigenvalue weighted by molar-refractivity contribution is 9.10. The van der Waals surface area contributed by atoms with Gasteiger partial charge in [-0.15, -0.1) is 0 Å². The van der Waals surface area contributed by atoms with Crippen molar-refractivity contribution in [3.8, 4) is 0 Å². The van der Waals surface area contributed by atoms with Gasteiger partial charge in [-0.3, -0.25) is 0 Å². The van der Waals surface area contributed by atoms with Crippen molar-refractivity contribution in [1.82, 2.24) is 0 Å². The van der Waals surface area contributed by atoms with E-state index in [1.807, 2.05) is 25.1 Å². The summed E-state index contributed by atoms with van der Waals surface area (Å²) in [6.07, 6.45) is 0. The van der Waals surface area contributed by atoms with Gasteiger partial charge < -0.3 is 5.32 Å². The van der Waals surface area contributed by atoms with Crippen molar-refractivity contribution in [2.45, 2.75) is 13.5 Å². The van der Waals surface area contributed by atoms with Gasteiger partial charge in [-0.25, -0.2) is 4.39 Å². The van der Waals surface area contributed by atoms with E-state index in [1.165, 1.54) is 6.07 Å². The molecule has 0 atom stereocenters. The molecular weight excluding hydrogens is 317 g/mol. The molecule has 0 amide bonds. The normalized spacial score (nSPS) is 10.4. The minimum absolute atomic E-state index is 0.252. The molecule has 0 aromatic heterocycles. The Morgan fingerprint density at radius 3 is 2.72 bits per heavy atom. The van der Waals surface area contributed by atoms with Gasteiger partial charge in [-0.1, -0.05) is 33.6 Å². The molecule has 94 valence electrons. The third kappa shape index (κ3) is 3.24. The Bertz CT molecular complexity index is 572. The summed E-state index contributed by atoms with van der Waals surface area (Å²) >= 11 is 9.31. The largest absolute Gasteiger partial charge is 0.381 e. The molecule has 0 aliphatic heterocycles. The monoisotopic (exact) mass is 327 g/mol. The molecule has 0 aliphatic carbocycles. The Kier molecular flexibility index (Phi) is 4.25. The smallest absolute Gasteiger partial charge is 0.128 e. The number of hydrogen-bond donors (Lipinski definition) is 1.